The first-order valence-corrected chi connectivity index (χ1v) is 5.72. The molecule has 0 saturated heterocycles. The van der Waals surface area contributed by atoms with Crippen molar-refractivity contribution in [1.82, 2.24) is 5.32 Å². The highest BCUT2D eigenvalue weighted by Gasteiger charge is 2.05. The van der Waals surface area contributed by atoms with E-state index in [0.29, 0.717) is 5.92 Å². The minimum absolute atomic E-state index is 0.184. The SMILES string of the molecule is C=CC(=O)NCOCC(CC)CCCC. The zero-order valence-corrected chi connectivity index (χ0v) is 9.92. The summed E-state index contributed by atoms with van der Waals surface area (Å²) in [4.78, 5) is 10.8. The normalized spacial score (nSPS) is 12.1. The van der Waals surface area contributed by atoms with Crippen LogP contribution in [0.4, 0.5) is 0 Å². The van der Waals surface area contributed by atoms with Crippen LogP contribution >= 0.6 is 0 Å². The minimum atomic E-state index is -0.184. The summed E-state index contributed by atoms with van der Waals surface area (Å²) in [6.45, 7) is 8.74. The molecule has 0 aromatic heterocycles. The third-order valence-corrected chi connectivity index (χ3v) is 2.43. The summed E-state index contributed by atoms with van der Waals surface area (Å²) in [6.07, 6.45) is 6.07. The van der Waals surface area contributed by atoms with E-state index in [0.717, 1.165) is 13.0 Å². The Morgan fingerprint density at radius 1 is 1.53 bits per heavy atom. The fraction of sp³-hybridized carbons (Fsp3) is 0.750. The van der Waals surface area contributed by atoms with Crippen LogP contribution in [0.5, 0.6) is 0 Å². The molecule has 1 unspecified atom stereocenters. The van der Waals surface area contributed by atoms with E-state index < -0.39 is 0 Å². The molecule has 0 aromatic rings. The highest BCUT2D eigenvalue weighted by Crippen LogP contribution is 2.12. The Bertz CT molecular complexity index is 180. The van der Waals surface area contributed by atoms with Crippen molar-refractivity contribution in [1.29, 1.82) is 0 Å². The predicted molar refractivity (Wildman–Crippen MR) is 62.5 cm³/mol. The highest BCUT2D eigenvalue weighted by molar-refractivity contribution is 5.86. The Balaban J connectivity index is 3.45. The van der Waals surface area contributed by atoms with Gasteiger partial charge in [-0.15, -0.1) is 0 Å². The minimum Gasteiger partial charge on any atom is -0.361 e. The maximum absolute atomic E-state index is 10.8. The number of unbranched alkanes of at least 4 members (excludes halogenated alkanes) is 1. The molecule has 0 aliphatic rings. The van der Waals surface area contributed by atoms with Crippen LogP contribution in [0.15, 0.2) is 12.7 Å². The van der Waals surface area contributed by atoms with Crippen molar-refractivity contribution >= 4 is 5.91 Å². The van der Waals surface area contributed by atoms with Gasteiger partial charge in [-0.2, -0.15) is 0 Å². The second-order valence-corrected chi connectivity index (χ2v) is 3.68. The lowest BCUT2D eigenvalue weighted by atomic mass is 10.0. The van der Waals surface area contributed by atoms with Gasteiger partial charge in [-0.1, -0.05) is 39.7 Å². The molecule has 0 aliphatic carbocycles. The van der Waals surface area contributed by atoms with E-state index in [1.165, 1.54) is 25.3 Å². The Hall–Kier alpha value is -0.830. The second kappa shape index (κ2) is 9.71. The van der Waals surface area contributed by atoms with Crippen LogP contribution in [0.25, 0.3) is 0 Å². The molecule has 1 N–H and O–H groups in total. The van der Waals surface area contributed by atoms with Gasteiger partial charge in [-0.25, -0.2) is 0 Å². The van der Waals surface area contributed by atoms with Crippen LogP contribution in [0.2, 0.25) is 0 Å². The molecule has 1 atom stereocenters. The molecular weight excluding hydrogens is 190 g/mol. The van der Waals surface area contributed by atoms with Gasteiger partial charge in [0.2, 0.25) is 5.91 Å². The standard InChI is InChI=1S/C12H23NO2/c1-4-7-8-11(5-2)9-15-10-13-12(14)6-3/h6,11H,3-5,7-10H2,1-2H3,(H,13,14). The van der Waals surface area contributed by atoms with Crippen molar-refractivity contribution in [3.63, 3.8) is 0 Å². The summed E-state index contributed by atoms with van der Waals surface area (Å²) < 4.78 is 5.38. The third kappa shape index (κ3) is 8.18. The lowest BCUT2D eigenvalue weighted by Gasteiger charge is -2.14. The molecule has 0 radical (unpaired) electrons. The number of carbonyl (C=O) groups is 1. The number of nitrogens with one attached hydrogen (secondary N) is 1. The largest absolute Gasteiger partial charge is 0.361 e. The number of hydrogen-bond acceptors (Lipinski definition) is 2. The van der Waals surface area contributed by atoms with E-state index in [1.807, 2.05) is 0 Å². The maximum Gasteiger partial charge on any atom is 0.245 e. The van der Waals surface area contributed by atoms with Gasteiger partial charge in [0.1, 0.15) is 6.73 Å². The smallest absolute Gasteiger partial charge is 0.245 e. The van der Waals surface area contributed by atoms with Crippen molar-refractivity contribution < 1.29 is 9.53 Å². The molecule has 0 saturated carbocycles. The molecule has 88 valence electrons. The summed E-state index contributed by atoms with van der Waals surface area (Å²) in [6, 6.07) is 0. The molecule has 0 spiro atoms. The summed E-state index contributed by atoms with van der Waals surface area (Å²) in [7, 11) is 0. The summed E-state index contributed by atoms with van der Waals surface area (Å²) in [5, 5.41) is 2.59. The van der Waals surface area contributed by atoms with Crippen LogP contribution in [0, 0.1) is 5.92 Å². The van der Waals surface area contributed by atoms with Crippen molar-refractivity contribution in [2.24, 2.45) is 5.92 Å². The average Bonchev–Trinajstić information content (AvgIpc) is 2.27. The summed E-state index contributed by atoms with van der Waals surface area (Å²) in [5.74, 6) is 0.433. The van der Waals surface area contributed by atoms with Gasteiger partial charge in [0.05, 0.1) is 6.61 Å². The van der Waals surface area contributed by atoms with E-state index in [2.05, 4.69) is 25.7 Å². The van der Waals surface area contributed by atoms with Crippen LogP contribution in [0.1, 0.15) is 39.5 Å². The molecule has 0 bridgehead atoms. The van der Waals surface area contributed by atoms with Gasteiger partial charge in [0.15, 0.2) is 0 Å². The topological polar surface area (TPSA) is 38.3 Å². The van der Waals surface area contributed by atoms with Crippen LogP contribution < -0.4 is 5.32 Å². The fourth-order valence-corrected chi connectivity index (χ4v) is 1.32. The molecule has 15 heavy (non-hydrogen) atoms. The summed E-state index contributed by atoms with van der Waals surface area (Å²) >= 11 is 0. The fourth-order valence-electron chi connectivity index (χ4n) is 1.32. The van der Waals surface area contributed by atoms with E-state index in [4.69, 9.17) is 4.74 Å². The van der Waals surface area contributed by atoms with Gasteiger partial charge in [0, 0.05) is 0 Å². The van der Waals surface area contributed by atoms with Crippen molar-refractivity contribution in [3.05, 3.63) is 12.7 Å². The summed E-state index contributed by atoms with van der Waals surface area (Å²) in [5.41, 5.74) is 0. The van der Waals surface area contributed by atoms with Crippen LogP contribution in [-0.2, 0) is 9.53 Å². The van der Waals surface area contributed by atoms with Gasteiger partial charge < -0.3 is 10.1 Å². The molecule has 3 nitrogen and oxygen atoms in total. The number of hydrogen-bond donors (Lipinski definition) is 1. The first kappa shape index (κ1) is 14.2. The molecule has 0 rings (SSSR count). The Morgan fingerprint density at radius 3 is 2.80 bits per heavy atom. The van der Waals surface area contributed by atoms with Crippen molar-refractivity contribution in [3.8, 4) is 0 Å². The lowest BCUT2D eigenvalue weighted by Crippen LogP contribution is -2.25. The maximum atomic E-state index is 10.8. The van der Waals surface area contributed by atoms with Crippen LogP contribution in [0.3, 0.4) is 0 Å². The van der Waals surface area contributed by atoms with E-state index in [1.54, 1.807) is 0 Å². The third-order valence-electron chi connectivity index (χ3n) is 2.43. The zero-order chi connectivity index (χ0) is 11.5. The van der Waals surface area contributed by atoms with E-state index in [9.17, 15) is 4.79 Å². The molecule has 3 heteroatoms. The zero-order valence-electron chi connectivity index (χ0n) is 9.92. The number of carbonyl (C=O) groups excluding carboxylic acids is 1. The van der Waals surface area contributed by atoms with Crippen LogP contribution in [-0.4, -0.2) is 19.2 Å². The highest BCUT2D eigenvalue weighted by atomic mass is 16.5. The van der Waals surface area contributed by atoms with Crippen molar-refractivity contribution in [2.75, 3.05) is 13.3 Å². The van der Waals surface area contributed by atoms with E-state index >= 15 is 0 Å². The first-order chi connectivity index (χ1) is 7.24. The predicted octanol–water partition coefficient (Wildman–Crippen LogP) is 2.48. The monoisotopic (exact) mass is 213 g/mol. The van der Waals surface area contributed by atoms with Gasteiger partial charge >= 0.3 is 0 Å². The molecular formula is C12H23NO2. The van der Waals surface area contributed by atoms with Gasteiger partial charge in [-0.3, -0.25) is 4.79 Å². The molecule has 0 aliphatic heterocycles. The Labute approximate surface area is 92.9 Å². The number of rotatable bonds is 9. The van der Waals surface area contributed by atoms with Gasteiger partial charge in [0.25, 0.3) is 0 Å². The average molecular weight is 213 g/mol. The molecule has 0 heterocycles. The Morgan fingerprint density at radius 2 is 2.27 bits per heavy atom. The molecule has 0 fully saturated rings. The Kier molecular flexibility index (Phi) is 9.18. The molecule has 1 amide bonds. The van der Waals surface area contributed by atoms with Gasteiger partial charge in [-0.05, 0) is 18.4 Å². The second-order valence-electron chi connectivity index (χ2n) is 3.68. The van der Waals surface area contributed by atoms with Crippen molar-refractivity contribution in [2.45, 2.75) is 39.5 Å². The number of amides is 1. The quantitative estimate of drug-likeness (QED) is 0.363. The lowest BCUT2D eigenvalue weighted by molar-refractivity contribution is -0.118. The molecule has 0 aromatic carbocycles. The number of ether oxygens (including phenoxy) is 1. The first-order valence-electron chi connectivity index (χ1n) is 5.72. The van der Waals surface area contributed by atoms with E-state index in [-0.39, 0.29) is 12.6 Å².